The van der Waals surface area contributed by atoms with E-state index in [9.17, 15) is 18.0 Å². The van der Waals surface area contributed by atoms with Crippen molar-refractivity contribution in [3.8, 4) is 0 Å². The second-order valence-electron chi connectivity index (χ2n) is 7.90. The van der Waals surface area contributed by atoms with E-state index in [1.807, 2.05) is 0 Å². The van der Waals surface area contributed by atoms with Crippen LogP contribution < -0.4 is 0 Å². The molecule has 0 N–H and O–H groups in total. The van der Waals surface area contributed by atoms with Crippen molar-refractivity contribution in [1.29, 1.82) is 0 Å². The fourth-order valence-corrected chi connectivity index (χ4v) is 3.44. The van der Waals surface area contributed by atoms with Gasteiger partial charge >= 0.3 is 6.18 Å². The number of benzene rings is 1. The molecule has 0 fully saturated rings. The van der Waals surface area contributed by atoms with E-state index in [-0.39, 0.29) is 5.91 Å². The van der Waals surface area contributed by atoms with E-state index in [2.05, 4.69) is 13.8 Å². The number of carbonyl (C=O) groups excluding carboxylic acids is 1. The van der Waals surface area contributed by atoms with Gasteiger partial charge in [0.1, 0.15) is 0 Å². The van der Waals surface area contributed by atoms with Gasteiger partial charge in [-0.1, -0.05) is 78.1 Å². The van der Waals surface area contributed by atoms with E-state index in [4.69, 9.17) is 0 Å². The van der Waals surface area contributed by atoms with Crippen LogP contribution in [0.25, 0.3) is 0 Å². The normalized spacial score (nSPS) is 11.6. The molecule has 0 spiro atoms. The van der Waals surface area contributed by atoms with Crippen LogP contribution in [0, 0.1) is 0 Å². The van der Waals surface area contributed by atoms with E-state index >= 15 is 0 Å². The Bertz CT molecular complexity index is 554. The van der Waals surface area contributed by atoms with Gasteiger partial charge in [-0.3, -0.25) is 4.79 Å². The van der Waals surface area contributed by atoms with Gasteiger partial charge < -0.3 is 4.90 Å². The molecule has 1 amide bonds. The molecule has 0 unspecified atom stereocenters. The first-order valence-electron chi connectivity index (χ1n) is 11.4. The Balaban J connectivity index is 2.40. The third-order valence-electron chi connectivity index (χ3n) is 5.31. The summed E-state index contributed by atoms with van der Waals surface area (Å²) < 4.78 is 38.2. The molecule has 166 valence electrons. The fourth-order valence-electron chi connectivity index (χ4n) is 3.44. The van der Waals surface area contributed by atoms with E-state index in [0.29, 0.717) is 18.7 Å². The largest absolute Gasteiger partial charge is 0.416 e. The number of alkyl halides is 3. The van der Waals surface area contributed by atoms with Gasteiger partial charge in [-0.05, 0) is 37.1 Å². The highest BCUT2D eigenvalue weighted by atomic mass is 19.4. The molecular weight excluding hydrogens is 375 g/mol. The summed E-state index contributed by atoms with van der Waals surface area (Å²) in [4.78, 5) is 14.6. The van der Waals surface area contributed by atoms with Crippen molar-refractivity contribution in [2.24, 2.45) is 0 Å². The minimum Gasteiger partial charge on any atom is -0.339 e. The molecule has 1 aromatic rings. The maximum Gasteiger partial charge on any atom is 0.416 e. The summed E-state index contributed by atoms with van der Waals surface area (Å²) in [6.07, 6.45) is 9.87. The lowest BCUT2D eigenvalue weighted by Crippen LogP contribution is -2.33. The summed E-state index contributed by atoms with van der Waals surface area (Å²) in [5.41, 5.74) is -0.384. The van der Waals surface area contributed by atoms with Crippen LogP contribution in [-0.2, 0) is 6.18 Å². The van der Waals surface area contributed by atoms with Crippen LogP contribution >= 0.6 is 0 Å². The third-order valence-corrected chi connectivity index (χ3v) is 5.31. The van der Waals surface area contributed by atoms with Crippen molar-refractivity contribution >= 4 is 5.91 Å². The lowest BCUT2D eigenvalue weighted by molar-refractivity contribution is -0.137. The molecule has 1 rings (SSSR count). The Labute approximate surface area is 174 Å². The van der Waals surface area contributed by atoms with Gasteiger partial charge in [0.25, 0.3) is 5.91 Å². The SMILES string of the molecule is CCCCCCCCCCCCN(CCCC)C(=O)c1ccc(C(F)(F)F)cc1. The Hall–Kier alpha value is -1.52. The average Bonchev–Trinajstić information content (AvgIpc) is 2.70. The van der Waals surface area contributed by atoms with Crippen LogP contribution in [0.4, 0.5) is 13.2 Å². The molecule has 0 heterocycles. The highest BCUT2D eigenvalue weighted by Gasteiger charge is 2.30. The van der Waals surface area contributed by atoms with E-state index in [1.54, 1.807) is 4.90 Å². The van der Waals surface area contributed by atoms with Gasteiger partial charge in [0.2, 0.25) is 0 Å². The monoisotopic (exact) mass is 413 g/mol. The Kier molecular flexibility index (Phi) is 12.7. The molecule has 0 aliphatic carbocycles. The number of halogens is 3. The van der Waals surface area contributed by atoms with Gasteiger partial charge in [-0.15, -0.1) is 0 Å². The molecule has 0 saturated carbocycles. The smallest absolute Gasteiger partial charge is 0.339 e. The molecule has 2 nitrogen and oxygen atoms in total. The maximum absolute atomic E-state index is 12.7. The van der Waals surface area contributed by atoms with Crippen LogP contribution in [0.1, 0.15) is 107 Å². The van der Waals surface area contributed by atoms with Crippen molar-refractivity contribution in [1.82, 2.24) is 4.90 Å². The van der Waals surface area contributed by atoms with Gasteiger partial charge in [0.15, 0.2) is 0 Å². The number of unbranched alkanes of at least 4 members (excludes halogenated alkanes) is 10. The molecule has 29 heavy (non-hydrogen) atoms. The second-order valence-corrected chi connectivity index (χ2v) is 7.90. The highest BCUT2D eigenvalue weighted by molar-refractivity contribution is 5.94. The summed E-state index contributed by atoms with van der Waals surface area (Å²) >= 11 is 0. The summed E-state index contributed by atoms with van der Waals surface area (Å²) in [6.45, 7) is 5.64. The molecule has 0 aliphatic rings. The zero-order valence-electron chi connectivity index (χ0n) is 18.2. The quantitative estimate of drug-likeness (QED) is 0.268. The lowest BCUT2D eigenvalue weighted by atomic mass is 10.1. The van der Waals surface area contributed by atoms with Crippen LogP contribution in [0.15, 0.2) is 24.3 Å². The zero-order valence-corrected chi connectivity index (χ0v) is 18.2. The van der Waals surface area contributed by atoms with Crippen LogP contribution in [-0.4, -0.2) is 23.9 Å². The standard InChI is InChI=1S/C24H38F3NO/c1-3-5-7-8-9-10-11-12-13-14-20-28(19-6-4-2)23(29)21-15-17-22(18-16-21)24(25,26)27/h15-18H,3-14,19-20H2,1-2H3. The van der Waals surface area contributed by atoms with Crippen molar-refractivity contribution in [3.05, 3.63) is 35.4 Å². The summed E-state index contributed by atoms with van der Waals surface area (Å²) in [5.74, 6) is -0.164. The first-order valence-corrected chi connectivity index (χ1v) is 11.4. The predicted octanol–water partition coefficient (Wildman–Crippen LogP) is 7.87. The van der Waals surface area contributed by atoms with E-state index in [0.717, 1.165) is 37.8 Å². The van der Waals surface area contributed by atoms with Crippen LogP contribution in [0.3, 0.4) is 0 Å². The molecule has 5 heteroatoms. The fraction of sp³-hybridized carbons (Fsp3) is 0.708. The number of hydrogen-bond donors (Lipinski definition) is 0. The van der Waals surface area contributed by atoms with E-state index < -0.39 is 11.7 Å². The third kappa shape index (κ3) is 10.7. The molecule has 0 atom stereocenters. The molecule has 0 aliphatic heterocycles. The molecule has 0 radical (unpaired) electrons. The number of amides is 1. The minimum absolute atomic E-state index is 0.164. The zero-order chi connectivity index (χ0) is 21.5. The number of rotatable bonds is 15. The molecule has 1 aromatic carbocycles. The molecule has 0 saturated heterocycles. The highest BCUT2D eigenvalue weighted by Crippen LogP contribution is 2.29. The van der Waals surface area contributed by atoms with E-state index in [1.165, 1.54) is 63.5 Å². The number of carbonyl (C=O) groups is 1. The summed E-state index contributed by atoms with van der Waals surface area (Å²) in [5, 5.41) is 0. The first-order chi connectivity index (χ1) is 13.9. The van der Waals surface area contributed by atoms with Gasteiger partial charge in [0, 0.05) is 18.7 Å². The van der Waals surface area contributed by atoms with Crippen molar-refractivity contribution in [2.45, 2.75) is 97.1 Å². The van der Waals surface area contributed by atoms with Crippen LogP contribution in [0.2, 0.25) is 0 Å². The maximum atomic E-state index is 12.7. The van der Waals surface area contributed by atoms with Gasteiger partial charge in [-0.2, -0.15) is 13.2 Å². The molecule has 0 bridgehead atoms. The minimum atomic E-state index is -4.38. The Morgan fingerprint density at radius 2 is 1.17 bits per heavy atom. The van der Waals surface area contributed by atoms with Crippen molar-refractivity contribution in [3.63, 3.8) is 0 Å². The Morgan fingerprint density at radius 1 is 0.724 bits per heavy atom. The lowest BCUT2D eigenvalue weighted by Gasteiger charge is -2.23. The van der Waals surface area contributed by atoms with Gasteiger partial charge in [0.05, 0.1) is 5.56 Å². The van der Waals surface area contributed by atoms with Crippen molar-refractivity contribution < 1.29 is 18.0 Å². The second kappa shape index (κ2) is 14.5. The molecule has 0 aromatic heterocycles. The van der Waals surface area contributed by atoms with Crippen molar-refractivity contribution in [2.75, 3.05) is 13.1 Å². The Morgan fingerprint density at radius 3 is 1.66 bits per heavy atom. The van der Waals surface area contributed by atoms with Crippen LogP contribution in [0.5, 0.6) is 0 Å². The number of nitrogens with zero attached hydrogens (tertiary/aromatic N) is 1. The average molecular weight is 414 g/mol. The summed E-state index contributed by atoms with van der Waals surface area (Å²) in [6, 6.07) is 4.57. The first kappa shape index (κ1) is 25.5. The van der Waals surface area contributed by atoms with Gasteiger partial charge in [-0.25, -0.2) is 0 Å². The number of hydrogen-bond acceptors (Lipinski definition) is 1. The summed E-state index contributed by atoms with van der Waals surface area (Å²) in [7, 11) is 0. The predicted molar refractivity (Wildman–Crippen MR) is 114 cm³/mol. The molecular formula is C24H38F3NO. The topological polar surface area (TPSA) is 20.3 Å².